The molecule has 80 valence electrons. The highest BCUT2D eigenvalue weighted by molar-refractivity contribution is 5.89. The van der Waals surface area contributed by atoms with Gasteiger partial charge in [-0.2, -0.15) is 5.01 Å². The van der Waals surface area contributed by atoms with E-state index < -0.39 is 18.2 Å². The van der Waals surface area contributed by atoms with E-state index in [4.69, 9.17) is 10.2 Å². The first kappa shape index (κ1) is 12.0. The summed E-state index contributed by atoms with van der Waals surface area (Å²) in [6.07, 6.45) is -2.97. The first-order valence-electron chi connectivity index (χ1n) is 3.37. The number of carboxylic acid groups (broad SMARTS) is 2. The summed E-state index contributed by atoms with van der Waals surface area (Å²) in [6.45, 7) is 0. The number of rotatable bonds is 1. The van der Waals surface area contributed by atoms with Crippen molar-refractivity contribution in [1.82, 2.24) is 20.9 Å². The zero-order valence-corrected chi connectivity index (χ0v) is 7.51. The minimum atomic E-state index is -1.55. The van der Waals surface area contributed by atoms with Crippen molar-refractivity contribution in [3.63, 3.8) is 0 Å². The summed E-state index contributed by atoms with van der Waals surface area (Å²) in [6, 6.07) is -1.12. The van der Waals surface area contributed by atoms with Gasteiger partial charge in [0.1, 0.15) is 0 Å². The van der Waals surface area contributed by atoms with E-state index in [9.17, 15) is 14.4 Å². The quantitative estimate of drug-likeness (QED) is 0.422. The van der Waals surface area contributed by atoms with Gasteiger partial charge in [-0.15, -0.1) is 0 Å². The highest BCUT2D eigenvalue weighted by Crippen LogP contribution is 1.86. The van der Waals surface area contributed by atoms with Gasteiger partial charge in [0.05, 0.1) is 0 Å². The second kappa shape index (κ2) is 4.87. The van der Waals surface area contributed by atoms with Gasteiger partial charge in [0.15, 0.2) is 0 Å². The normalized spacial score (nSPS) is 9.00. The van der Waals surface area contributed by atoms with Gasteiger partial charge in [0.2, 0.25) is 0 Å². The van der Waals surface area contributed by atoms with Gasteiger partial charge in [0.25, 0.3) is 0 Å². The lowest BCUT2D eigenvalue weighted by Crippen LogP contribution is -2.54. The Balaban J connectivity index is 4.32. The maximum absolute atomic E-state index is 11.0. The Kier molecular flexibility index (Phi) is 4.16. The van der Waals surface area contributed by atoms with E-state index in [1.54, 1.807) is 5.43 Å². The Bertz CT molecular complexity index is 255. The van der Waals surface area contributed by atoms with Crippen LogP contribution in [0.5, 0.6) is 0 Å². The molecule has 0 aromatic heterocycles. The topological polar surface area (TPSA) is 122 Å². The fraction of sp³-hybridized carbons (Fsp3) is 0.400. The van der Waals surface area contributed by atoms with Gasteiger partial charge in [-0.3, -0.25) is 0 Å². The molecule has 0 aromatic carbocycles. The molecule has 0 rings (SSSR count). The van der Waals surface area contributed by atoms with Gasteiger partial charge < -0.3 is 10.2 Å². The van der Waals surface area contributed by atoms with E-state index in [1.165, 1.54) is 7.05 Å². The molecule has 9 heteroatoms. The van der Waals surface area contributed by atoms with Crippen LogP contribution in [-0.4, -0.2) is 52.5 Å². The Labute approximate surface area is 78.8 Å². The Hall–Kier alpha value is -2.03. The highest BCUT2D eigenvalue weighted by atomic mass is 16.4. The van der Waals surface area contributed by atoms with E-state index in [1.807, 2.05) is 5.43 Å². The monoisotopic (exact) mass is 206 g/mol. The predicted molar refractivity (Wildman–Crippen MR) is 43.2 cm³/mol. The summed E-state index contributed by atoms with van der Waals surface area (Å²) in [5.41, 5.74) is 3.84. The average Bonchev–Trinajstić information content (AvgIpc) is 2.04. The number of amides is 4. The molecule has 0 aliphatic rings. The fourth-order valence-electron chi connectivity index (χ4n) is 0.525. The standard InChI is InChI=1S/C5H10N4O5/c1-6-9(5(13)14)3(10)7-8(2)4(11)12/h6H,1-2H3,(H,7,10)(H,11,12)(H,13,14). The first-order valence-corrected chi connectivity index (χ1v) is 3.37. The minimum absolute atomic E-state index is 0.194. The zero-order valence-electron chi connectivity index (χ0n) is 7.51. The number of hydrogen-bond donors (Lipinski definition) is 4. The van der Waals surface area contributed by atoms with Crippen LogP contribution in [0, 0.1) is 0 Å². The van der Waals surface area contributed by atoms with Gasteiger partial charge in [-0.05, 0) is 0 Å². The van der Waals surface area contributed by atoms with E-state index in [0.29, 0.717) is 5.01 Å². The molecule has 0 aliphatic carbocycles. The molecule has 0 bridgehead atoms. The van der Waals surface area contributed by atoms with Crippen molar-refractivity contribution in [3.05, 3.63) is 0 Å². The molecule has 4 N–H and O–H groups in total. The molecule has 14 heavy (non-hydrogen) atoms. The molecule has 0 unspecified atom stereocenters. The van der Waals surface area contributed by atoms with Crippen LogP contribution in [0.3, 0.4) is 0 Å². The molecule has 0 aromatic rings. The summed E-state index contributed by atoms with van der Waals surface area (Å²) in [5, 5.41) is 17.4. The van der Waals surface area contributed by atoms with Crippen molar-refractivity contribution in [1.29, 1.82) is 0 Å². The third kappa shape index (κ3) is 3.15. The van der Waals surface area contributed by atoms with E-state index in [0.717, 1.165) is 7.05 Å². The van der Waals surface area contributed by atoms with Crippen LogP contribution in [0.15, 0.2) is 0 Å². The molecule has 0 saturated carbocycles. The molecule has 0 radical (unpaired) electrons. The Morgan fingerprint density at radius 2 is 1.64 bits per heavy atom. The van der Waals surface area contributed by atoms with Crippen LogP contribution in [-0.2, 0) is 0 Å². The number of hydrazine groups is 2. The summed E-state index contributed by atoms with van der Waals surface area (Å²) in [4.78, 5) is 31.6. The average molecular weight is 206 g/mol. The molecule has 0 saturated heterocycles. The SMILES string of the molecule is CNN(C(=O)O)C(=O)NN(C)C(=O)O. The van der Waals surface area contributed by atoms with Crippen LogP contribution in [0.4, 0.5) is 14.4 Å². The van der Waals surface area contributed by atoms with Crippen LogP contribution in [0.2, 0.25) is 0 Å². The van der Waals surface area contributed by atoms with Crippen LogP contribution in [0.1, 0.15) is 0 Å². The number of carbonyl (C=O) groups is 3. The van der Waals surface area contributed by atoms with Crippen molar-refractivity contribution in [2.24, 2.45) is 0 Å². The summed E-state index contributed by atoms with van der Waals surface area (Å²) in [5.74, 6) is 0. The van der Waals surface area contributed by atoms with Crippen molar-refractivity contribution in [2.45, 2.75) is 0 Å². The molecular weight excluding hydrogens is 196 g/mol. The maximum Gasteiger partial charge on any atom is 0.430 e. The predicted octanol–water partition coefficient (Wildman–Crippen LogP) is -0.665. The van der Waals surface area contributed by atoms with Gasteiger partial charge in [-0.25, -0.2) is 30.2 Å². The molecular formula is C5H10N4O5. The lowest BCUT2D eigenvalue weighted by molar-refractivity contribution is 0.109. The van der Waals surface area contributed by atoms with Crippen molar-refractivity contribution in [2.75, 3.05) is 14.1 Å². The van der Waals surface area contributed by atoms with Crippen LogP contribution >= 0.6 is 0 Å². The third-order valence-corrected chi connectivity index (χ3v) is 1.17. The first-order chi connectivity index (χ1) is 6.40. The third-order valence-electron chi connectivity index (χ3n) is 1.17. The number of urea groups is 1. The molecule has 9 nitrogen and oxygen atoms in total. The number of carbonyl (C=O) groups excluding carboxylic acids is 1. The minimum Gasteiger partial charge on any atom is -0.464 e. The molecule has 0 fully saturated rings. The van der Waals surface area contributed by atoms with Crippen molar-refractivity contribution >= 4 is 18.2 Å². The molecule has 0 atom stereocenters. The lowest BCUT2D eigenvalue weighted by Gasteiger charge is -2.19. The number of nitrogens with zero attached hydrogens (tertiary/aromatic N) is 2. The van der Waals surface area contributed by atoms with Crippen molar-refractivity contribution in [3.8, 4) is 0 Å². The molecule has 0 heterocycles. The van der Waals surface area contributed by atoms with Crippen LogP contribution in [0.25, 0.3) is 0 Å². The highest BCUT2D eigenvalue weighted by Gasteiger charge is 2.21. The number of imide groups is 1. The maximum atomic E-state index is 11.0. The van der Waals surface area contributed by atoms with Crippen LogP contribution < -0.4 is 10.9 Å². The zero-order chi connectivity index (χ0) is 11.3. The number of hydrogen-bond acceptors (Lipinski definition) is 4. The van der Waals surface area contributed by atoms with Gasteiger partial charge >= 0.3 is 18.2 Å². The molecule has 0 aliphatic heterocycles. The van der Waals surface area contributed by atoms with E-state index in [-0.39, 0.29) is 5.01 Å². The summed E-state index contributed by atoms with van der Waals surface area (Å²) in [7, 11) is 2.25. The van der Waals surface area contributed by atoms with Gasteiger partial charge in [0, 0.05) is 14.1 Å². The van der Waals surface area contributed by atoms with Gasteiger partial charge in [-0.1, -0.05) is 0 Å². The summed E-state index contributed by atoms with van der Waals surface area (Å²) < 4.78 is 0. The Morgan fingerprint density at radius 3 is 1.93 bits per heavy atom. The Morgan fingerprint density at radius 1 is 1.14 bits per heavy atom. The van der Waals surface area contributed by atoms with E-state index in [2.05, 4.69) is 0 Å². The molecule has 4 amide bonds. The van der Waals surface area contributed by atoms with Crippen molar-refractivity contribution < 1.29 is 24.6 Å². The van der Waals surface area contributed by atoms with E-state index >= 15 is 0 Å². The largest absolute Gasteiger partial charge is 0.464 e. The smallest absolute Gasteiger partial charge is 0.430 e. The molecule has 0 spiro atoms. The lowest BCUT2D eigenvalue weighted by atomic mass is 10.8. The summed E-state index contributed by atoms with van der Waals surface area (Å²) >= 11 is 0. The fourth-order valence-corrected chi connectivity index (χ4v) is 0.525. The number of nitrogens with one attached hydrogen (secondary N) is 2. The second-order valence-electron chi connectivity index (χ2n) is 2.10. The second-order valence-corrected chi connectivity index (χ2v) is 2.10.